The number of carboxylic acid groups (broad SMARTS) is 1. The number of carbonyl (C=O) groups is 2. The number of methoxy groups -OCH3 is 1. The van der Waals surface area contributed by atoms with E-state index in [-0.39, 0.29) is 5.91 Å². The number of hydrogen-bond acceptors (Lipinski definition) is 3. The van der Waals surface area contributed by atoms with Crippen LogP contribution in [0.5, 0.6) is 5.75 Å². The summed E-state index contributed by atoms with van der Waals surface area (Å²) >= 11 is 0. The second-order valence-electron chi connectivity index (χ2n) is 6.12. The lowest BCUT2D eigenvalue weighted by atomic mass is 9.79. The van der Waals surface area contributed by atoms with Gasteiger partial charge in [-0.05, 0) is 35.7 Å². The van der Waals surface area contributed by atoms with Gasteiger partial charge in [0.15, 0.2) is 0 Å². The summed E-state index contributed by atoms with van der Waals surface area (Å²) in [7, 11) is 1.58. The van der Waals surface area contributed by atoms with Gasteiger partial charge in [0.2, 0.25) is 0 Å². The first-order valence-corrected chi connectivity index (χ1v) is 8.35. The SMILES string of the molecule is CCCN1C(=O)c2ccccc2C(C(=O)O)C1c1ccc(OC)cc1. The topological polar surface area (TPSA) is 66.8 Å². The molecule has 1 aliphatic rings. The Morgan fingerprint density at radius 1 is 1.16 bits per heavy atom. The molecule has 25 heavy (non-hydrogen) atoms. The van der Waals surface area contributed by atoms with Crippen molar-refractivity contribution < 1.29 is 19.4 Å². The Hall–Kier alpha value is -2.82. The summed E-state index contributed by atoms with van der Waals surface area (Å²) in [4.78, 5) is 26.8. The van der Waals surface area contributed by atoms with E-state index in [1.54, 1.807) is 48.4 Å². The molecule has 1 amide bonds. The van der Waals surface area contributed by atoms with Crippen molar-refractivity contribution in [3.8, 4) is 5.75 Å². The van der Waals surface area contributed by atoms with Crippen LogP contribution in [0.3, 0.4) is 0 Å². The molecular weight excluding hydrogens is 318 g/mol. The molecule has 5 heteroatoms. The quantitative estimate of drug-likeness (QED) is 0.906. The summed E-state index contributed by atoms with van der Waals surface area (Å²) in [5.41, 5.74) is 1.85. The number of nitrogens with zero attached hydrogens (tertiary/aromatic N) is 1. The number of amides is 1. The number of rotatable bonds is 5. The first-order chi connectivity index (χ1) is 12.1. The Balaban J connectivity index is 2.16. The zero-order valence-electron chi connectivity index (χ0n) is 14.3. The van der Waals surface area contributed by atoms with Crippen LogP contribution in [0.4, 0.5) is 0 Å². The monoisotopic (exact) mass is 339 g/mol. The fourth-order valence-corrected chi connectivity index (χ4v) is 3.52. The van der Waals surface area contributed by atoms with E-state index in [2.05, 4.69) is 0 Å². The van der Waals surface area contributed by atoms with Gasteiger partial charge < -0.3 is 14.7 Å². The highest BCUT2D eigenvalue weighted by Crippen LogP contribution is 2.43. The van der Waals surface area contributed by atoms with Crippen LogP contribution in [0.1, 0.15) is 46.8 Å². The van der Waals surface area contributed by atoms with Gasteiger partial charge in [0, 0.05) is 12.1 Å². The number of carboxylic acids is 1. The highest BCUT2D eigenvalue weighted by molar-refractivity contribution is 6.00. The highest BCUT2D eigenvalue weighted by Gasteiger charge is 2.43. The summed E-state index contributed by atoms with van der Waals surface area (Å²) in [6.07, 6.45) is 0.757. The molecule has 2 atom stereocenters. The minimum atomic E-state index is -0.929. The van der Waals surface area contributed by atoms with Gasteiger partial charge in [0.25, 0.3) is 5.91 Å². The molecule has 0 aliphatic carbocycles. The Kier molecular flexibility index (Phi) is 4.74. The molecule has 0 radical (unpaired) electrons. The third-order valence-electron chi connectivity index (χ3n) is 4.63. The fourth-order valence-electron chi connectivity index (χ4n) is 3.52. The van der Waals surface area contributed by atoms with E-state index in [1.165, 1.54) is 0 Å². The molecule has 1 N–H and O–H groups in total. The second-order valence-corrected chi connectivity index (χ2v) is 6.12. The van der Waals surface area contributed by atoms with Crippen LogP contribution in [-0.2, 0) is 4.79 Å². The summed E-state index contributed by atoms with van der Waals surface area (Å²) in [6, 6.07) is 13.7. The highest BCUT2D eigenvalue weighted by atomic mass is 16.5. The van der Waals surface area contributed by atoms with Gasteiger partial charge in [0.1, 0.15) is 11.7 Å². The smallest absolute Gasteiger partial charge is 0.313 e. The van der Waals surface area contributed by atoms with Gasteiger partial charge in [-0.15, -0.1) is 0 Å². The maximum absolute atomic E-state index is 13.0. The minimum absolute atomic E-state index is 0.115. The van der Waals surface area contributed by atoms with Crippen LogP contribution < -0.4 is 4.74 Å². The molecule has 0 aromatic heterocycles. The molecule has 0 saturated heterocycles. The Morgan fingerprint density at radius 3 is 2.44 bits per heavy atom. The van der Waals surface area contributed by atoms with Crippen LogP contribution in [0.2, 0.25) is 0 Å². The summed E-state index contributed by atoms with van der Waals surface area (Å²) in [5.74, 6) is -1.15. The number of aliphatic carboxylic acids is 1. The first-order valence-electron chi connectivity index (χ1n) is 8.35. The third kappa shape index (κ3) is 2.97. The lowest BCUT2D eigenvalue weighted by Gasteiger charge is -2.40. The third-order valence-corrected chi connectivity index (χ3v) is 4.63. The van der Waals surface area contributed by atoms with Gasteiger partial charge in [-0.3, -0.25) is 9.59 Å². The molecule has 1 heterocycles. The molecule has 0 bridgehead atoms. The number of benzene rings is 2. The minimum Gasteiger partial charge on any atom is -0.497 e. The Morgan fingerprint density at radius 2 is 1.84 bits per heavy atom. The molecular formula is C20H21NO4. The van der Waals surface area contributed by atoms with E-state index < -0.39 is 17.9 Å². The average molecular weight is 339 g/mol. The molecule has 0 fully saturated rings. The molecule has 1 aliphatic heterocycles. The zero-order chi connectivity index (χ0) is 18.0. The number of carbonyl (C=O) groups excluding carboxylic acids is 1. The van der Waals surface area contributed by atoms with Crippen LogP contribution in [-0.4, -0.2) is 35.5 Å². The number of hydrogen-bond donors (Lipinski definition) is 1. The van der Waals surface area contributed by atoms with E-state index >= 15 is 0 Å². The standard InChI is InChI=1S/C20H21NO4/c1-3-12-21-18(13-8-10-14(25-2)11-9-13)17(20(23)24)15-6-4-5-7-16(15)19(21)22/h4-11,17-18H,3,12H2,1-2H3,(H,23,24). The Labute approximate surface area is 146 Å². The van der Waals surface area contributed by atoms with E-state index in [1.807, 2.05) is 19.1 Å². The molecule has 3 rings (SSSR count). The van der Waals surface area contributed by atoms with Crippen molar-refractivity contribution in [2.24, 2.45) is 0 Å². The summed E-state index contributed by atoms with van der Waals surface area (Å²) < 4.78 is 5.19. The van der Waals surface area contributed by atoms with Gasteiger partial charge in [-0.25, -0.2) is 0 Å². The van der Waals surface area contributed by atoms with Crippen molar-refractivity contribution in [3.63, 3.8) is 0 Å². The second kappa shape index (κ2) is 6.97. The van der Waals surface area contributed by atoms with Gasteiger partial charge in [0.05, 0.1) is 13.2 Å². The van der Waals surface area contributed by atoms with Crippen LogP contribution >= 0.6 is 0 Å². The maximum atomic E-state index is 13.0. The van der Waals surface area contributed by atoms with E-state index in [4.69, 9.17) is 4.74 Å². The maximum Gasteiger partial charge on any atom is 0.313 e. The molecule has 2 aromatic rings. The van der Waals surface area contributed by atoms with Crippen LogP contribution in [0.15, 0.2) is 48.5 Å². The lowest BCUT2D eigenvalue weighted by Crippen LogP contribution is -2.45. The average Bonchev–Trinajstić information content (AvgIpc) is 2.63. The number of ether oxygens (including phenoxy) is 1. The molecule has 0 saturated carbocycles. The van der Waals surface area contributed by atoms with Crippen molar-refractivity contribution >= 4 is 11.9 Å². The van der Waals surface area contributed by atoms with E-state index in [0.717, 1.165) is 12.0 Å². The molecule has 2 unspecified atom stereocenters. The van der Waals surface area contributed by atoms with Crippen molar-refractivity contribution in [2.75, 3.05) is 13.7 Å². The molecule has 5 nitrogen and oxygen atoms in total. The molecule has 130 valence electrons. The molecule has 2 aromatic carbocycles. The van der Waals surface area contributed by atoms with Crippen molar-refractivity contribution in [3.05, 3.63) is 65.2 Å². The van der Waals surface area contributed by atoms with Crippen molar-refractivity contribution in [1.82, 2.24) is 4.90 Å². The van der Waals surface area contributed by atoms with Crippen LogP contribution in [0, 0.1) is 0 Å². The largest absolute Gasteiger partial charge is 0.497 e. The summed E-state index contributed by atoms with van der Waals surface area (Å²) in [5, 5.41) is 9.93. The van der Waals surface area contributed by atoms with E-state index in [0.29, 0.717) is 23.4 Å². The predicted octanol–water partition coefficient (Wildman–Crippen LogP) is 3.47. The lowest BCUT2D eigenvalue weighted by molar-refractivity contribution is -0.140. The number of fused-ring (bicyclic) bond motifs is 1. The van der Waals surface area contributed by atoms with Crippen molar-refractivity contribution in [1.29, 1.82) is 0 Å². The molecule has 0 spiro atoms. The van der Waals surface area contributed by atoms with Crippen molar-refractivity contribution in [2.45, 2.75) is 25.3 Å². The Bertz CT molecular complexity index is 785. The summed E-state index contributed by atoms with van der Waals surface area (Å²) in [6.45, 7) is 2.49. The first kappa shape index (κ1) is 17.0. The predicted molar refractivity (Wildman–Crippen MR) is 93.9 cm³/mol. The van der Waals surface area contributed by atoms with Gasteiger partial charge in [-0.2, -0.15) is 0 Å². The van der Waals surface area contributed by atoms with E-state index in [9.17, 15) is 14.7 Å². The van der Waals surface area contributed by atoms with Crippen LogP contribution in [0.25, 0.3) is 0 Å². The van der Waals surface area contributed by atoms with Gasteiger partial charge >= 0.3 is 5.97 Å². The zero-order valence-corrected chi connectivity index (χ0v) is 14.3. The van der Waals surface area contributed by atoms with Gasteiger partial charge in [-0.1, -0.05) is 37.3 Å². The fraction of sp³-hybridized carbons (Fsp3) is 0.300. The normalized spacial score (nSPS) is 19.4.